The Balaban J connectivity index is 2.33. The van der Waals surface area contributed by atoms with Crippen molar-refractivity contribution in [2.45, 2.75) is 19.5 Å². The molecule has 1 rings (SSSR count). The van der Waals surface area contributed by atoms with Gasteiger partial charge in [0.15, 0.2) is 0 Å². The smallest absolute Gasteiger partial charge is 0.0931 e. The Morgan fingerprint density at radius 1 is 1.67 bits per heavy atom. The molecule has 0 bridgehead atoms. The molecule has 1 aromatic rings. The summed E-state index contributed by atoms with van der Waals surface area (Å²) in [5.41, 5.74) is 5.46. The highest BCUT2D eigenvalue weighted by Gasteiger charge is 2.00. The van der Waals surface area contributed by atoms with Crippen LogP contribution in [-0.2, 0) is 6.54 Å². The normalized spacial score (nSPS) is 13.2. The van der Waals surface area contributed by atoms with Gasteiger partial charge in [-0.15, -0.1) is 11.3 Å². The molecule has 12 heavy (non-hydrogen) atoms. The molecule has 2 nitrogen and oxygen atoms in total. The van der Waals surface area contributed by atoms with Crippen molar-refractivity contribution in [1.82, 2.24) is 5.32 Å². The zero-order valence-corrected chi connectivity index (χ0v) is 8.58. The zero-order valence-electron chi connectivity index (χ0n) is 7.01. The average Bonchev–Trinajstić information content (AvgIpc) is 2.47. The number of rotatable bonds is 4. The van der Waals surface area contributed by atoms with Crippen molar-refractivity contribution in [1.29, 1.82) is 0 Å². The Bertz CT molecular complexity index is 237. The first-order valence-corrected chi connectivity index (χ1v) is 5.09. The van der Waals surface area contributed by atoms with Crippen molar-refractivity contribution in [3.8, 4) is 0 Å². The minimum absolute atomic E-state index is 0.367. The molecule has 1 atom stereocenters. The summed E-state index contributed by atoms with van der Waals surface area (Å²) in [7, 11) is 0. The minimum atomic E-state index is 0.367. The summed E-state index contributed by atoms with van der Waals surface area (Å²) in [6, 6.07) is 4.31. The van der Waals surface area contributed by atoms with Gasteiger partial charge in [-0.05, 0) is 19.1 Å². The fraction of sp³-hybridized carbons (Fsp3) is 0.500. The second-order valence-electron chi connectivity index (χ2n) is 2.72. The van der Waals surface area contributed by atoms with Crippen LogP contribution in [-0.4, -0.2) is 12.6 Å². The van der Waals surface area contributed by atoms with E-state index in [1.165, 1.54) is 4.88 Å². The third kappa shape index (κ3) is 3.11. The van der Waals surface area contributed by atoms with Crippen molar-refractivity contribution in [3.63, 3.8) is 0 Å². The number of thiophene rings is 1. The lowest BCUT2D eigenvalue weighted by atomic mass is 10.3. The van der Waals surface area contributed by atoms with Crippen LogP contribution >= 0.6 is 22.9 Å². The predicted octanol–water partition coefficient (Wildman–Crippen LogP) is 1.84. The highest BCUT2D eigenvalue weighted by molar-refractivity contribution is 7.16. The molecule has 0 aromatic carbocycles. The lowest BCUT2D eigenvalue weighted by Crippen LogP contribution is -2.32. The minimum Gasteiger partial charge on any atom is -0.329 e. The molecule has 0 spiro atoms. The second-order valence-corrected chi connectivity index (χ2v) is 4.52. The molecule has 0 aliphatic rings. The molecule has 0 radical (unpaired) electrons. The van der Waals surface area contributed by atoms with Gasteiger partial charge in [0.25, 0.3) is 0 Å². The van der Waals surface area contributed by atoms with Crippen LogP contribution in [0.25, 0.3) is 0 Å². The van der Waals surface area contributed by atoms with Gasteiger partial charge in [0.05, 0.1) is 4.34 Å². The van der Waals surface area contributed by atoms with Gasteiger partial charge in [-0.2, -0.15) is 0 Å². The molecule has 0 saturated heterocycles. The average molecular weight is 205 g/mol. The van der Waals surface area contributed by atoms with E-state index in [-0.39, 0.29) is 0 Å². The summed E-state index contributed by atoms with van der Waals surface area (Å²) in [5.74, 6) is 0. The largest absolute Gasteiger partial charge is 0.329 e. The summed E-state index contributed by atoms with van der Waals surface area (Å²) in [6.07, 6.45) is 0. The van der Waals surface area contributed by atoms with Gasteiger partial charge in [0.2, 0.25) is 0 Å². The third-order valence-electron chi connectivity index (χ3n) is 1.61. The molecular weight excluding hydrogens is 192 g/mol. The molecule has 1 aromatic heterocycles. The van der Waals surface area contributed by atoms with Gasteiger partial charge in [0, 0.05) is 24.0 Å². The highest BCUT2D eigenvalue weighted by Crippen LogP contribution is 2.20. The van der Waals surface area contributed by atoms with E-state index in [4.69, 9.17) is 17.3 Å². The quantitative estimate of drug-likeness (QED) is 0.786. The van der Waals surface area contributed by atoms with Gasteiger partial charge in [-0.25, -0.2) is 0 Å². The van der Waals surface area contributed by atoms with E-state index >= 15 is 0 Å². The number of hydrogen-bond acceptors (Lipinski definition) is 3. The molecule has 4 heteroatoms. The Morgan fingerprint density at radius 2 is 2.42 bits per heavy atom. The molecule has 0 fully saturated rings. The molecule has 0 saturated carbocycles. The van der Waals surface area contributed by atoms with Crippen molar-refractivity contribution < 1.29 is 0 Å². The second kappa shape index (κ2) is 4.82. The van der Waals surface area contributed by atoms with Crippen LogP contribution in [0.3, 0.4) is 0 Å². The van der Waals surface area contributed by atoms with Crippen LogP contribution in [0, 0.1) is 0 Å². The van der Waals surface area contributed by atoms with Crippen LogP contribution in [0.5, 0.6) is 0 Å². The third-order valence-corrected chi connectivity index (χ3v) is 2.84. The lowest BCUT2D eigenvalue weighted by molar-refractivity contribution is 0.560. The molecule has 0 aliphatic heterocycles. The summed E-state index contributed by atoms with van der Waals surface area (Å²) in [4.78, 5) is 1.25. The molecule has 0 aliphatic carbocycles. The van der Waals surface area contributed by atoms with Gasteiger partial charge in [-0.1, -0.05) is 11.6 Å². The zero-order chi connectivity index (χ0) is 8.97. The maximum Gasteiger partial charge on any atom is 0.0931 e. The van der Waals surface area contributed by atoms with Crippen molar-refractivity contribution >= 4 is 22.9 Å². The van der Waals surface area contributed by atoms with E-state index in [0.717, 1.165) is 10.9 Å². The Kier molecular flexibility index (Phi) is 4.01. The van der Waals surface area contributed by atoms with Gasteiger partial charge >= 0.3 is 0 Å². The number of nitrogens with two attached hydrogens (primary N) is 1. The van der Waals surface area contributed by atoms with Crippen LogP contribution < -0.4 is 11.1 Å². The first-order chi connectivity index (χ1) is 5.72. The van der Waals surface area contributed by atoms with Crippen molar-refractivity contribution in [3.05, 3.63) is 21.3 Å². The van der Waals surface area contributed by atoms with Crippen LogP contribution in [0.15, 0.2) is 12.1 Å². The Hall–Kier alpha value is -0.0900. The summed E-state index contributed by atoms with van der Waals surface area (Å²) in [6.45, 7) is 3.59. The SMILES string of the molecule is CC(CN)NCc1ccc(Cl)s1. The van der Waals surface area contributed by atoms with Crippen LogP contribution in [0.1, 0.15) is 11.8 Å². The van der Waals surface area contributed by atoms with Crippen LogP contribution in [0.4, 0.5) is 0 Å². The summed E-state index contributed by atoms with van der Waals surface area (Å²) in [5, 5.41) is 3.29. The van der Waals surface area contributed by atoms with Crippen molar-refractivity contribution in [2.75, 3.05) is 6.54 Å². The molecule has 68 valence electrons. The fourth-order valence-corrected chi connectivity index (χ4v) is 1.84. The first kappa shape index (κ1) is 9.99. The van der Waals surface area contributed by atoms with Gasteiger partial charge in [0.1, 0.15) is 0 Å². The Morgan fingerprint density at radius 3 is 2.92 bits per heavy atom. The molecule has 1 heterocycles. The van der Waals surface area contributed by atoms with E-state index in [0.29, 0.717) is 12.6 Å². The summed E-state index contributed by atoms with van der Waals surface area (Å²) >= 11 is 7.38. The van der Waals surface area contributed by atoms with Gasteiger partial charge < -0.3 is 11.1 Å². The van der Waals surface area contributed by atoms with Crippen molar-refractivity contribution in [2.24, 2.45) is 5.73 Å². The monoisotopic (exact) mass is 204 g/mol. The number of hydrogen-bond donors (Lipinski definition) is 2. The van der Waals surface area contributed by atoms with Crippen LogP contribution in [0.2, 0.25) is 4.34 Å². The lowest BCUT2D eigenvalue weighted by Gasteiger charge is -2.08. The fourth-order valence-electron chi connectivity index (χ4n) is 0.805. The van der Waals surface area contributed by atoms with E-state index in [1.54, 1.807) is 11.3 Å². The summed E-state index contributed by atoms with van der Waals surface area (Å²) < 4.78 is 0.840. The maximum absolute atomic E-state index is 5.78. The van der Waals surface area contributed by atoms with E-state index in [2.05, 4.69) is 12.2 Å². The van der Waals surface area contributed by atoms with E-state index in [9.17, 15) is 0 Å². The Labute approximate surface area is 81.7 Å². The maximum atomic E-state index is 5.78. The number of halogens is 1. The van der Waals surface area contributed by atoms with Gasteiger partial charge in [-0.3, -0.25) is 0 Å². The molecular formula is C8H13ClN2S. The highest BCUT2D eigenvalue weighted by atomic mass is 35.5. The van der Waals surface area contributed by atoms with E-state index < -0.39 is 0 Å². The van der Waals surface area contributed by atoms with E-state index in [1.807, 2.05) is 12.1 Å². The predicted molar refractivity (Wildman–Crippen MR) is 54.7 cm³/mol. The standard InChI is InChI=1S/C8H13ClN2S/c1-6(4-10)11-5-7-2-3-8(9)12-7/h2-3,6,11H,4-5,10H2,1H3. The first-order valence-electron chi connectivity index (χ1n) is 3.90. The number of nitrogens with one attached hydrogen (secondary N) is 1. The molecule has 3 N–H and O–H groups in total. The molecule has 0 amide bonds. The molecule has 1 unspecified atom stereocenters. The topological polar surface area (TPSA) is 38.0 Å².